The number of nitrogens with one attached hydrogen (secondary N) is 2. The second-order valence-electron chi connectivity index (χ2n) is 6.43. The van der Waals surface area contributed by atoms with E-state index < -0.39 is 0 Å². The van der Waals surface area contributed by atoms with E-state index >= 15 is 0 Å². The fourth-order valence-corrected chi connectivity index (χ4v) is 2.45. The number of hydrogen-bond acceptors (Lipinski definition) is 5. The van der Waals surface area contributed by atoms with Gasteiger partial charge < -0.3 is 15.4 Å². The highest BCUT2D eigenvalue weighted by Crippen LogP contribution is 2.18. The van der Waals surface area contributed by atoms with Gasteiger partial charge >= 0.3 is 0 Å². The van der Waals surface area contributed by atoms with E-state index in [1.165, 1.54) is 12.4 Å². The smallest absolute Gasteiger partial charge is 0.258 e. The number of rotatable bonds is 6. The second-order valence-corrected chi connectivity index (χ2v) is 6.43. The Balaban J connectivity index is 1.61. The zero-order valence-corrected chi connectivity index (χ0v) is 15.6. The van der Waals surface area contributed by atoms with Crippen molar-refractivity contribution in [3.8, 4) is 5.75 Å². The quantitative estimate of drug-likeness (QED) is 0.672. The van der Waals surface area contributed by atoms with E-state index in [2.05, 4.69) is 20.6 Å². The minimum Gasteiger partial charge on any atom is -0.491 e. The highest BCUT2D eigenvalue weighted by molar-refractivity contribution is 6.03. The molecule has 0 aliphatic carbocycles. The molecule has 0 aliphatic rings. The lowest BCUT2D eigenvalue weighted by Gasteiger charge is -2.10. The Hall–Kier alpha value is -3.41. The third-order valence-corrected chi connectivity index (χ3v) is 3.67. The second kappa shape index (κ2) is 8.31. The fraction of sp³-hybridized carbons (Fsp3) is 0.190. The van der Waals surface area contributed by atoms with Gasteiger partial charge in [-0.05, 0) is 62.7 Å². The number of hydrogen-bond donors (Lipinski definition) is 2. The molecule has 0 radical (unpaired) electrons. The van der Waals surface area contributed by atoms with Crippen LogP contribution in [-0.4, -0.2) is 22.0 Å². The first-order chi connectivity index (χ1) is 13.0. The van der Waals surface area contributed by atoms with Crippen molar-refractivity contribution >= 4 is 23.2 Å². The van der Waals surface area contributed by atoms with E-state index in [-0.39, 0.29) is 12.0 Å². The number of benzene rings is 2. The molecule has 1 amide bonds. The molecule has 0 saturated heterocycles. The van der Waals surface area contributed by atoms with Crippen LogP contribution in [0, 0.1) is 6.92 Å². The van der Waals surface area contributed by atoms with Gasteiger partial charge in [-0.25, -0.2) is 9.97 Å². The van der Waals surface area contributed by atoms with Crippen molar-refractivity contribution in [2.24, 2.45) is 0 Å². The van der Waals surface area contributed by atoms with Gasteiger partial charge in [-0.2, -0.15) is 0 Å². The topological polar surface area (TPSA) is 76.1 Å². The van der Waals surface area contributed by atoms with Gasteiger partial charge in [0.05, 0.1) is 11.7 Å². The summed E-state index contributed by atoms with van der Waals surface area (Å²) in [5.41, 5.74) is 3.10. The van der Waals surface area contributed by atoms with Gasteiger partial charge in [0.25, 0.3) is 5.91 Å². The predicted octanol–water partition coefficient (Wildman–Crippen LogP) is 4.57. The Kier molecular flexibility index (Phi) is 5.66. The first-order valence-corrected chi connectivity index (χ1v) is 8.73. The molecular formula is C21H22N4O2. The Morgan fingerprint density at radius 2 is 1.70 bits per heavy atom. The zero-order chi connectivity index (χ0) is 19.2. The van der Waals surface area contributed by atoms with Crippen LogP contribution in [-0.2, 0) is 0 Å². The summed E-state index contributed by atoms with van der Waals surface area (Å²) in [7, 11) is 0. The number of amides is 1. The Morgan fingerprint density at radius 3 is 2.33 bits per heavy atom. The maximum absolute atomic E-state index is 12.3. The molecule has 1 heterocycles. The summed E-state index contributed by atoms with van der Waals surface area (Å²) in [5.74, 6) is 0.930. The standard InChI is InChI=1S/C21H22N4O2/c1-14(2)27-19-9-7-17(8-10-19)24-20(26)16-12-22-21(23-13-16)25-18-6-4-5-15(3)11-18/h4-14H,1-3H3,(H,24,26)(H,22,23,25). The van der Waals surface area contributed by atoms with Gasteiger partial charge in [0.2, 0.25) is 5.95 Å². The predicted molar refractivity (Wildman–Crippen MR) is 107 cm³/mol. The van der Waals surface area contributed by atoms with E-state index in [1.54, 1.807) is 12.1 Å². The van der Waals surface area contributed by atoms with Crippen molar-refractivity contribution in [1.29, 1.82) is 0 Å². The van der Waals surface area contributed by atoms with Crippen LogP contribution in [0.5, 0.6) is 5.75 Å². The van der Waals surface area contributed by atoms with Gasteiger partial charge in [0, 0.05) is 23.8 Å². The van der Waals surface area contributed by atoms with Gasteiger partial charge in [0.15, 0.2) is 0 Å². The molecule has 3 aromatic rings. The SMILES string of the molecule is Cc1cccc(Nc2ncc(C(=O)Nc3ccc(OC(C)C)cc3)cn2)c1. The summed E-state index contributed by atoms with van der Waals surface area (Å²) < 4.78 is 5.59. The fourth-order valence-electron chi connectivity index (χ4n) is 2.45. The highest BCUT2D eigenvalue weighted by Gasteiger charge is 2.08. The van der Waals surface area contributed by atoms with Crippen LogP contribution < -0.4 is 15.4 Å². The van der Waals surface area contributed by atoms with Crippen molar-refractivity contribution in [2.45, 2.75) is 26.9 Å². The molecule has 27 heavy (non-hydrogen) atoms. The summed E-state index contributed by atoms with van der Waals surface area (Å²) >= 11 is 0. The molecule has 2 N–H and O–H groups in total. The lowest BCUT2D eigenvalue weighted by molar-refractivity contribution is 0.102. The molecule has 6 nitrogen and oxygen atoms in total. The van der Waals surface area contributed by atoms with Crippen LogP contribution in [0.25, 0.3) is 0 Å². The molecule has 1 aromatic heterocycles. The van der Waals surface area contributed by atoms with Crippen molar-refractivity contribution in [3.63, 3.8) is 0 Å². The number of ether oxygens (including phenoxy) is 1. The number of aryl methyl sites for hydroxylation is 1. The van der Waals surface area contributed by atoms with Gasteiger partial charge in [-0.15, -0.1) is 0 Å². The molecule has 0 saturated carbocycles. The lowest BCUT2D eigenvalue weighted by atomic mass is 10.2. The average molecular weight is 362 g/mol. The number of nitrogens with zero attached hydrogens (tertiary/aromatic N) is 2. The molecular weight excluding hydrogens is 340 g/mol. The van der Waals surface area contributed by atoms with Crippen molar-refractivity contribution < 1.29 is 9.53 Å². The van der Waals surface area contributed by atoms with Crippen molar-refractivity contribution in [1.82, 2.24) is 9.97 Å². The van der Waals surface area contributed by atoms with Crippen LogP contribution in [0.4, 0.5) is 17.3 Å². The lowest BCUT2D eigenvalue weighted by Crippen LogP contribution is -2.13. The van der Waals surface area contributed by atoms with Crippen molar-refractivity contribution in [2.75, 3.05) is 10.6 Å². The van der Waals surface area contributed by atoms with E-state index in [0.29, 0.717) is 17.2 Å². The number of aromatic nitrogens is 2. The largest absolute Gasteiger partial charge is 0.491 e. The average Bonchev–Trinajstić information content (AvgIpc) is 2.63. The zero-order valence-electron chi connectivity index (χ0n) is 15.6. The molecule has 0 fully saturated rings. The molecule has 0 aliphatic heterocycles. The maximum Gasteiger partial charge on any atom is 0.258 e. The Bertz CT molecular complexity index is 906. The first-order valence-electron chi connectivity index (χ1n) is 8.73. The number of anilines is 3. The Labute approximate surface area is 158 Å². The van der Waals surface area contributed by atoms with Crippen LogP contribution in [0.1, 0.15) is 29.8 Å². The maximum atomic E-state index is 12.3. The van der Waals surface area contributed by atoms with Crippen LogP contribution >= 0.6 is 0 Å². The monoisotopic (exact) mass is 362 g/mol. The van der Waals surface area contributed by atoms with Crippen LogP contribution in [0.15, 0.2) is 60.9 Å². The molecule has 0 bridgehead atoms. The number of carbonyl (C=O) groups excluding carboxylic acids is 1. The molecule has 6 heteroatoms. The Morgan fingerprint density at radius 1 is 1.00 bits per heavy atom. The van der Waals surface area contributed by atoms with Crippen molar-refractivity contribution in [3.05, 3.63) is 72.1 Å². The minimum absolute atomic E-state index is 0.106. The van der Waals surface area contributed by atoms with E-state index in [1.807, 2.05) is 57.2 Å². The normalized spacial score (nSPS) is 10.5. The van der Waals surface area contributed by atoms with E-state index in [4.69, 9.17) is 4.74 Å². The molecule has 0 spiro atoms. The van der Waals surface area contributed by atoms with E-state index in [0.717, 1.165) is 17.0 Å². The number of carbonyl (C=O) groups is 1. The molecule has 138 valence electrons. The third kappa shape index (κ3) is 5.28. The van der Waals surface area contributed by atoms with E-state index in [9.17, 15) is 4.79 Å². The van der Waals surface area contributed by atoms with Crippen LogP contribution in [0.2, 0.25) is 0 Å². The van der Waals surface area contributed by atoms with Gasteiger partial charge in [-0.1, -0.05) is 12.1 Å². The summed E-state index contributed by atoms with van der Waals surface area (Å²) in [6, 6.07) is 15.1. The summed E-state index contributed by atoms with van der Waals surface area (Å²) in [5, 5.41) is 5.93. The molecule has 2 aromatic carbocycles. The summed E-state index contributed by atoms with van der Waals surface area (Å²) in [6.45, 7) is 5.95. The minimum atomic E-state index is -0.269. The molecule has 3 rings (SSSR count). The summed E-state index contributed by atoms with van der Waals surface area (Å²) in [6.07, 6.45) is 3.10. The third-order valence-electron chi connectivity index (χ3n) is 3.67. The first kappa shape index (κ1) is 18.4. The van der Waals surface area contributed by atoms with Gasteiger partial charge in [-0.3, -0.25) is 4.79 Å². The van der Waals surface area contributed by atoms with Gasteiger partial charge in [0.1, 0.15) is 5.75 Å². The molecule has 0 atom stereocenters. The molecule has 0 unspecified atom stereocenters. The highest BCUT2D eigenvalue weighted by atomic mass is 16.5. The summed E-state index contributed by atoms with van der Waals surface area (Å²) in [4.78, 5) is 20.8. The van der Waals surface area contributed by atoms with Crippen LogP contribution in [0.3, 0.4) is 0 Å².